The predicted molar refractivity (Wildman–Crippen MR) is 65.1 cm³/mol. The normalized spacial score (nSPS) is 30.9. The van der Waals surface area contributed by atoms with Crippen LogP contribution in [0.15, 0.2) is 0 Å². The van der Waals surface area contributed by atoms with Crippen molar-refractivity contribution < 1.29 is 4.79 Å². The minimum absolute atomic E-state index is 0.131. The summed E-state index contributed by atoms with van der Waals surface area (Å²) in [6, 6.07) is 1.27. The molecule has 1 heterocycles. The standard InChI is InChI=1S/C13H24N2O/c1-9(2)13(16)15-7-10(3)6-12(8-15)14-11-4-5-11/h9-12,14H,4-8H2,1-3H3. The SMILES string of the molecule is CC1CC(NC2CC2)CN(C(=O)C(C)C)C1. The summed E-state index contributed by atoms with van der Waals surface area (Å²) in [5, 5.41) is 3.65. The van der Waals surface area contributed by atoms with Crippen LogP contribution in [0.2, 0.25) is 0 Å². The first-order valence-corrected chi connectivity index (χ1v) is 6.61. The fourth-order valence-electron chi connectivity index (χ4n) is 2.60. The van der Waals surface area contributed by atoms with Gasteiger partial charge < -0.3 is 10.2 Å². The lowest BCUT2D eigenvalue weighted by molar-refractivity contribution is -0.136. The third-order valence-electron chi connectivity index (χ3n) is 3.51. The minimum atomic E-state index is 0.131. The van der Waals surface area contributed by atoms with Crippen molar-refractivity contribution in [2.45, 2.75) is 52.1 Å². The van der Waals surface area contributed by atoms with Crippen LogP contribution in [0.5, 0.6) is 0 Å². The van der Waals surface area contributed by atoms with Crippen molar-refractivity contribution in [3.8, 4) is 0 Å². The maximum absolute atomic E-state index is 12.0. The zero-order valence-electron chi connectivity index (χ0n) is 10.7. The summed E-state index contributed by atoms with van der Waals surface area (Å²) >= 11 is 0. The molecule has 1 N–H and O–H groups in total. The summed E-state index contributed by atoms with van der Waals surface area (Å²) in [7, 11) is 0. The maximum Gasteiger partial charge on any atom is 0.225 e. The maximum atomic E-state index is 12.0. The van der Waals surface area contributed by atoms with Gasteiger partial charge in [0.25, 0.3) is 0 Å². The van der Waals surface area contributed by atoms with Gasteiger partial charge in [-0.1, -0.05) is 20.8 Å². The average Bonchev–Trinajstić information content (AvgIpc) is 2.99. The molecule has 0 bridgehead atoms. The van der Waals surface area contributed by atoms with Gasteiger partial charge in [0.15, 0.2) is 0 Å². The van der Waals surface area contributed by atoms with Gasteiger partial charge in [-0.2, -0.15) is 0 Å². The molecule has 0 spiro atoms. The quantitative estimate of drug-likeness (QED) is 0.790. The minimum Gasteiger partial charge on any atom is -0.341 e. The van der Waals surface area contributed by atoms with Crippen molar-refractivity contribution in [2.75, 3.05) is 13.1 Å². The lowest BCUT2D eigenvalue weighted by Crippen LogP contribution is -2.52. The highest BCUT2D eigenvalue weighted by molar-refractivity contribution is 5.78. The molecular weight excluding hydrogens is 200 g/mol. The molecule has 2 unspecified atom stereocenters. The molecule has 2 rings (SSSR count). The highest BCUT2D eigenvalue weighted by Crippen LogP contribution is 2.24. The van der Waals surface area contributed by atoms with E-state index in [9.17, 15) is 4.79 Å². The molecule has 16 heavy (non-hydrogen) atoms. The number of hydrogen-bond donors (Lipinski definition) is 1. The summed E-state index contributed by atoms with van der Waals surface area (Å²) in [6.45, 7) is 8.09. The molecule has 0 radical (unpaired) electrons. The van der Waals surface area contributed by atoms with Gasteiger partial charge in [0.05, 0.1) is 0 Å². The van der Waals surface area contributed by atoms with Crippen molar-refractivity contribution in [2.24, 2.45) is 11.8 Å². The van der Waals surface area contributed by atoms with Crippen LogP contribution in [0, 0.1) is 11.8 Å². The summed E-state index contributed by atoms with van der Waals surface area (Å²) in [5.41, 5.74) is 0. The van der Waals surface area contributed by atoms with E-state index < -0.39 is 0 Å². The molecule has 92 valence electrons. The first-order valence-electron chi connectivity index (χ1n) is 6.61. The Kier molecular flexibility index (Phi) is 3.53. The Morgan fingerprint density at radius 1 is 1.25 bits per heavy atom. The topological polar surface area (TPSA) is 32.3 Å². The molecular formula is C13H24N2O. The Morgan fingerprint density at radius 3 is 2.50 bits per heavy atom. The van der Waals surface area contributed by atoms with E-state index in [4.69, 9.17) is 0 Å². The van der Waals surface area contributed by atoms with E-state index in [1.807, 2.05) is 13.8 Å². The molecule has 0 aromatic carbocycles. The molecule has 2 fully saturated rings. The van der Waals surface area contributed by atoms with Gasteiger partial charge in [-0.05, 0) is 25.2 Å². The number of hydrogen-bond acceptors (Lipinski definition) is 2. The van der Waals surface area contributed by atoms with Crippen molar-refractivity contribution in [1.82, 2.24) is 10.2 Å². The molecule has 1 saturated heterocycles. The Labute approximate surface area is 98.6 Å². The molecule has 2 atom stereocenters. The average molecular weight is 224 g/mol. The van der Waals surface area contributed by atoms with Crippen molar-refractivity contribution in [1.29, 1.82) is 0 Å². The third kappa shape index (κ3) is 2.97. The first kappa shape index (κ1) is 11.9. The Bertz CT molecular complexity index is 259. The van der Waals surface area contributed by atoms with Crippen LogP contribution in [0.4, 0.5) is 0 Å². The monoisotopic (exact) mass is 224 g/mol. The molecule has 1 aliphatic heterocycles. The van der Waals surface area contributed by atoms with E-state index in [1.165, 1.54) is 19.3 Å². The fourth-order valence-corrected chi connectivity index (χ4v) is 2.60. The number of carbonyl (C=O) groups is 1. The lowest BCUT2D eigenvalue weighted by atomic mass is 9.95. The van der Waals surface area contributed by atoms with Crippen molar-refractivity contribution in [3.05, 3.63) is 0 Å². The van der Waals surface area contributed by atoms with Crippen molar-refractivity contribution in [3.63, 3.8) is 0 Å². The van der Waals surface area contributed by atoms with E-state index in [-0.39, 0.29) is 5.92 Å². The van der Waals surface area contributed by atoms with E-state index >= 15 is 0 Å². The third-order valence-corrected chi connectivity index (χ3v) is 3.51. The van der Waals surface area contributed by atoms with E-state index in [1.54, 1.807) is 0 Å². The van der Waals surface area contributed by atoms with E-state index in [2.05, 4.69) is 17.1 Å². The van der Waals surface area contributed by atoms with Crippen LogP contribution in [0.25, 0.3) is 0 Å². The molecule has 1 aliphatic carbocycles. The number of likely N-dealkylation sites (tertiary alicyclic amines) is 1. The van der Waals surface area contributed by atoms with Crippen LogP contribution in [0.1, 0.15) is 40.0 Å². The highest BCUT2D eigenvalue weighted by Gasteiger charge is 2.32. The van der Waals surface area contributed by atoms with Gasteiger partial charge in [-0.15, -0.1) is 0 Å². The summed E-state index contributed by atoms with van der Waals surface area (Å²) in [5.74, 6) is 1.08. The van der Waals surface area contributed by atoms with Crippen LogP contribution < -0.4 is 5.32 Å². The zero-order chi connectivity index (χ0) is 11.7. The van der Waals surface area contributed by atoms with E-state index in [0.717, 1.165) is 19.1 Å². The molecule has 1 amide bonds. The van der Waals surface area contributed by atoms with E-state index in [0.29, 0.717) is 17.9 Å². The number of nitrogens with one attached hydrogen (secondary N) is 1. The second-order valence-electron chi connectivity index (χ2n) is 5.88. The second kappa shape index (κ2) is 4.74. The lowest BCUT2D eigenvalue weighted by Gasteiger charge is -2.38. The highest BCUT2D eigenvalue weighted by atomic mass is 16.2. The molecule has 0 aromatic heterocycles. The Morgan fingerprint density at radius 2 is 1.94 bits per heavy atom. The smallest absolute Gasteiger partial charge is 0.225 e. The van der Waals surface area contributed by atoms with Gasteiger partial charge in [-0.3, -0.25) is 4.79 Å². The van der Waals surface area contributed by atoms with Gasteiger partial charge in [0, 0.05) is 31.1 Å². The molecule has 3 nitrogen and oxygen atoms in total. The number of rotatable bonds is 3. The number of carbonyl (C=O) groups excluding carboxylic acids is 1. The van der Waals surface area contributed by atoms with Gasteiger partial charge >= 0.3 is 0 Å². The summed E-state index contributed by atoms with van der Waals surface area (Å²) in [4.78, 5) is 14.0. The number of amides is 1. The molecule has 0 aromatic rings. The number of nitrogens with zero attached hydrogens (tertiary/aromatic N) is 1. The molecule has 1 saturated carbocycles. The van der Waals surface area contributed by atoms with Crippen LogP contribution in [0.3, 0.4) is 0 Å². The van der Waals surface area contributed by atoms with Gasteiger partial charge in [0.1, 0.15) is 0 Å². The second-order valence-corrected chi connectivity index (χ2v) is 5.88. The largest absolute Gasteiger partial charge is 0.341 e. The Hall–Kier alpha value is -0.570. The molecule has 3 heteroatoms. The van der Waals surface area contributed by atoms with Crippen LogP contribution >= 0.6 is 0 Å². The number of piperidine rings is 1. The van der Waals surface area contributed by atoms with Crippen LogP contribution in [-0.4, -0.2) is 36.0 Å². The first-order chi connectivity index (χ1) is 7.56. The Balaban J connectivity index is 1.90. The predicted octanol–water partition coefficient (Wildman–Crippen LogP) is 1.63. The van der Waals surface area contributed by atoms with Gasteiger partial charge in [0.2, 0.25) is 5.91 Å². The van der Waals surface area contributed by atoms with Gasteiger partial charge in [-0.25, -0.2) is 0 Å². The zero-order valence-corrected chi connectivity index (χ0v) is 10.7. The van der Waals surface area contributed by atoms with Crippen LogP contribution in [-0.2, 0) is 4.79 Å². The van der Waals surface area contributed by atoms with Crippen molar-refractivity contribution >= 4 is 5.91 Å². The fraction of sp³-hybridized carbons (Fsp3) is 0.923. The summed E-state index contributed by atoms with van der Waals surface area (Å²) in [6.07, 6.45) is 3.87. The molecule has 2 aliphatic rings. The summed E-state index contributed by atoms with van der Waals surface area (Å²) < 4.78 is 0.